The van der Waals surface area contributed by atoms with Gasteiger partial charge in [-0.1, -0.05) is 32.1 Å². The van der Waals surface area contributed by atoms with E-state index in [4.69, 9.17) is 0 Å². The monoisotopic (exact) mass is 466 g/mol. The number of nitrogens with zero attached hydrogens (tertiary/aromatic N) is 2. The Morgan fingerprint density at radius 2 is 1.75 bits per heavy atom. The van der Waals surface area contributed by atoms with E-state index < -0.39 is 0 Å². The highest BCUT2D eigenvalue weighted by Crippen LogP contribution is 2.36. The molecule has 0 amide bonds. The van der Waals surface area contributed by atoms with E-state index in [1.54, 1.807) is 0 Å². The number of rotatable bonds is 4. The Morgan fingerprint density at radius 1 is 1.08 bits per heavy atom. The van der Waals surface area contributed by atoms with E-state index in [0.29, 0.717) is 11.6 Å². The molecule has 2 aliphatic carbocycles. The van der Waals surface area contributed by atoms with Gasteiger partial charge in [0.15, 0.2) is 5.96 Å². The minimum absolute atomic E-state index is 0. The summed E-state index contributed by atoms with van der Waals surface area (Å²) in [6.07, 6.45) is 12.2. The van der Waals surface area contributed by atoms with Gasteiger partial charge in [0.05, 0.1) is 0 Å². The van der Waals surface area contributed by atoms with Gasteiger partial charge in [0, 0.05) is 49.8 Å². The Morgan fingerprint density at radius 3 is 2.38 bits per heavy atom. The van der Waals surface area contributed by atoms with Gasteiger partial charge in [-0.2, -0.15) is 11.8 Å². The van der Waals surface area contributed by atoms with Crippen molar-refractivity contribution in [2.45, 2.75) is 69.4 Å². The van der Waals surface area contributed by atoms with Crippen LogP contribution in [0.1, 0.15) is 57.8 Å². The fraction of sp³-hybridized carbons (Fsp3) is 0.944. The zero-order valence-electron chi connectivity index (χ0n) is 15.2. The van der Waals surface area contributed by atoms with Crippen molar-refractivity contribution in [3.05, 3.63) is 0 Å². The van der Waals surface area contributed by atoms with Crippen LogP contribution >= 0.6 is 35.7 Å². The maximum atomic E-state index is 4.49. The van der Waals surface area contributed by atoms with E-state index in [0.717, 1.165) is 12.5 Å². The first-order chi connectivity index (χ1) is 11.3. The Kier molecular flexibility index (Phi) is 8.98. The summed E-state index contributed by atoms with van der Waals surface area (Å²) in [5.74, 6) is 3.63. The molecule has 0 bridgehead atoms. The summed E-state index contributed by atoms with van der Waals surface area (Å²) in [6, 6.07) is 0.626. The third kappa shape index (κ3) is 5.40. The molecule has 2 N–H and O–H groups in total. The molecule has 1 aliphatic heterocycles. The van der Waals surface area contributed by atoms with Crippen molar-refractivity contribution in [3.63, 3.8) is 0 Å². The lowest BCUT2D eigenvalue weighted by molar-refractivity contribution is 0.107. The summed E-state index contributed by atoms with van der Waals surface area (Å²) in [4.78, 5) is 7.27. The molecule has 3 fully saturated rings. The second-order valence-corrected chi connectivity index (χ2v) is 8.66. The molecule has 3 rings (SSSR count). The van der Waals surface area contributed by atoms with Crippen LogP contribution in [-0.4, -0.2) is 60.6 Å². The third-order valence-corrected chi connectivity index (χ3v) is 6.91. The zero-order chi connectivity index (χ0) is 16.0. The lowest BCUT2D eigenvalue weighted by Crippen LogP contribution is -2.58. The first-order valence-corrected chi connectivity index (χ1v) is 10.8. The van der Waals surface area contributed by atoms with Crippen LogP contribution in [0, 0.1) is 0 Å². The summed E-state index contributed by atoms with van der Waals surface area (Å²) in [6.45, 7) is 3.59. The molecule has 6 heteroatoms. The van der Waals surface area contributed by atoms with Gasteiger partial charge in [-0.15, -0.1) is 24.0 Å². The topological polar surface area (TPSA) is 39.7 Å². The molecule has 0 atom stereocenters. The fourth-order valence-electron chi connectivity index (χ4n) is 4.56. The zero-order valence-corrected chi connectivity index (χ0v) is 18.3. The van der Waals surface area contributed by atoms with Crippen molar-refractivity contribution >= 4 is 41.7 Å². The lowest BCUT2D eigenvalue weighted by Gasteiger charge is -2.44. The Labute approximate surface area is 169 Å². The van der Waals surface area contributed by atoms with Crippen molar-refractivity contribution in [3.8, 4) is 0 Å². The van der Waals surface area contributed by atoms with Crippen molar-refractivity contribution in [1.29, 1.82) is 0 Å². The average molecular weight is 466 g/mol. The average Bonchev–Trinajstić information content (AvgIpc) is 3.10. The quantitative estimate of drug-likeness (QED) is 0.378. The Balaban J connectivity index is 0.00000208. The van der Waals surface area contributed by atoms with E-state index in [1.807, 2.05) is 7.05 Å². The van der Waals surface area contributed by atoms with Crippen LogP contribution in [0.4, 0.5) is 0 Å². The predicted octanol–water partition coefficient (Wildman–Crippen LogP) is 3.46. The smallest absolute Gasteiger partial charge is 0.191 e. The maximum absolute atomic E-state index is 4.49. The summed E-state index contributed by atoms with van der Waals surface area (Å²) in [5.41, 5.74) is 0.380. The number of guanidine groups is 1. The molecule has 2 saturated carbocycles. The van der Waals surface area contributed by atoms with Crippen LogP contribution in [0.5, 0.6) is 0 Å². The SMILES string of the molecule is CN=C(NCC1(N2CCSCC2)CCCC1)NC1CCCCC1.I. The van der Waals surface area contributed by atoms with Crippen LogP contribution < -0.4 is 10.6 Å². The van der Waals surface area contributed by atoms with E-state index >= 15 is 0 Å². The third-order valence-electron chi connectivity index (χ3n) is 5.97. The van der Waals surface area contributed by atoms with Crippen molar-refractivity contribution < 1.29 is 0 Å². The summed E-state index contributed by atoms with van der Waals surface area (Å²) in [5, 5.41) is 7.35. The number of nitrogens with one attached hydrogen (secondary N) is 2. The molecular weight excluding hydrogens is 431 g/mol. The van der Waals surface area contributed by atoms with Gasteiger partial charge in [-0.25, -0.2) is 0 Å². The molecule has 0 aromatic carbocycles. The van der Waals surface area contributed by atoms with Crippen molar-refractivity contribution in [2.75, 3.05) is 38.2 Å². The molecule has 1 heterocycles. The summed E-state index contributed by atoms with van der Waals surface area (Å²) in [7, 11) is 1.91. The second kappa shape index (κ2) is 10.5. The first-order valence-electron chi connectivity index (χ1n) is 9.62. The molecule has 140 valence electrons. The minimum atomic E-state index is 0. The second-order valence-electron chi connectivity index (χ2n) is 7.44. The highest BCUT2D eigenvalue weighted by atomic mass is 127. The number of halogens is 1. The van der Waals surface area contributed by atoms with Gasteiger partial charge in [-0.3, -0.25) is 9.89 Å². The number of thioether (sulfide) groups is 1. The van der Waals surface area contributed by atoms with Crippen LogP contribution in [0.15, 0.2) is 4.99 Å². The predicted molar refractivity (Wildman–Crippen MR) is 117 cm³/mol. The molecule has 0 radical (unpaired) electrons. The van der Waals surface area contributed by atoms with E-state index in [1.165, 1.54) is 82.4 Å². The number of hydrogen-bond donors (Lipinski definition) is 2. The van der Waals surface area contributed by atoms with Crippen LogP contribution in [0.25, 0.3) is 0 Å². The molecule has 24 heavy (non-hydrogen) atoms. The molecule has 1 saturated heterocycles. The number of aliphatic imine (C=N–C) groups is 1. The van der Waals surface area contributed by atoms with E-state index in [2.05, 4.69) is 32.3 Å². The molecule has 0 unspecified atom stereocenters. The molecule has 0 aromatic heterocycles. The maximum Gasteiger partial charge on any atom is 0.191 e. The summed E-state index contributed by atoms with van der Waals surface area (Å²) < 4.78 is 0. The molecular formula is C18H35IN4S. The van der Waals surface area contributed by atoms with Gasteiger partial charge in [0.2, 0.25) is 0 Å². The fourth-order valence-corrected chi connectivity index (χ4v) is 5.46. The first kappa shape index (κ1) is 20.6. The number of hydrogen-bond acceptors (Lipinski definition) is 3. The Bertz CT molecular complexity index is 386. The highest BCUT2D eigenvalue weighted by Gasteiger charge is 2.40. The highest BCUT2D eigenvalue weighted by molar-refractivity contribution is 14.0. The van der Waals surface area contributed by atoms with Crippen molar-refractivity contribution in [2.24, 2.45) is 4.99 Å². The van der Waals surface area contributed by atoms with Crippen LogP contribution in [-0.2, 0) is 0 Å². The van der Waals surface area contributed by atoms with Gasteiger partial charge < -0.3 is 10.6 Å². The van der Waals surface area contributed by atoms with Gasteiger partial charge in [0.25, 0.3) is 0 Å². The molecule has 0 aromatic rings. The molecule has 3 aliphatic rings. The largest absolute Gasteiger partial charge is 0.355 e. The molecule has 4 nitrogen and oxygen atoms in total. The minimum Gasteiger partial charge on any atom is -0.355 e. The van der Waals surface area contributed by atoms with Gasteiger partial charge in [0.1, 0.15) is 0 Å². The van der Waals surface area contributed by atoms with Crippen LogP contribution in [0.2, 0.25) is 0 Å². The summed E-state index contributed by atoms with van der Waals surface area (Å²) >= 11 is 2.11. The molecule has 0 spiro atoms. The standard InChI is InChI=1S/C18H34N4S.HI/c1-19-17(21-16-7-3-2-4-8-16)20-15-18(9-5-6-10-18)22-11-13-23-14-12-22;/h16H,2-15H2,1H3,(H2,19,20,21);1H. The van der Waals surface area contributed by atoms with Gasteiger partial charge >= 0.3 is 0 Å². The van der Waals surface area contributed by atoms with E-state index in [9.17, 15) is 0 Å². The van der Waals surface area contributed by atoms with Crippen LogP contribution in [0.3, 0.4) is 0 Å². The lowest BCUT2D eigenvalue weighted by atomic mass is 9.94. The van der Waals surface area contributed by atoms with Gasteiger partial charge in [-0.05, 0) is 25.7 Å². The van der Waals surface area contributed by atoms with Crippen molar-refractivity contribution in [1.82, 2.24) is 15.5 Å². The Hall–Kier alpha value is 0.310. The van der Waals surface area contributed by atoms with E-state index in [-0.39, 0.29) is 24.0 Å². The normalized spacial score (nSPS) is 26.0.